The molecule has 8 heteroatoms. The van der Waals surface area contributed by atoms with E-state index in [2.05, 4.69) is 5.32 Å². The molecule has 0 fully saturated rings. The molecule has 1 aliphatic rings. The number of carboxylic acid groups (broad SMARTS) is 1. The van der Waals surface area contributed by atoms with Crippen LogP contribution < -0.4 is 5.32 Å². The summed E-state index contributed by atoms with van der Waals surface area (Å²) in [6.45, 7) is -0.0958. The predicted molar refractivity (Wildman–Crippen MR) is 105 cm³/mol. The summed E-state index contributed by atoms with van der Waals surface area (Å²) in [5.74, 6) is -2.09. The number of hydrogen-bond donors (Lipinski definition) is 3. The van der Waals surface area contributed by atoms with Crippen molar-refractivity contribution in [1.29, 1.82) is 0 Å². The van der Waals surface area contributed by atoms with E-state index < -0.39 is 17.8 Å². The number of rotatable bonds is 7. The third kappa shape index (κ3) is 4.12. The molecule has 0 radical (unpaired) electrons. The van der Waals surface area contributed by atoms with Gasteiger partial charge in [-0.25, -0.2) is 9.59 Å². The van der Waals surface area contributed by atoms with Gasteiger partial charge < -0.3 is 25.2 Å². The second-order valence-corrected chi connectivity index (χ2v) is 6.35. The van der Waals surface area contributed by atoms with E-state index in [4.69, 9.17) is 9.84 Å². The highest BCUT2D eigenvalue weighted by Gasteiger charge is 2.34. The number of aliphatic hydroxyl groups is 1. The number of esters is 1. The molecule has 3 rings (SSSR count). The van der Waals surface area contributed by atoms with E-state index in [0.717, 1.165) is 0 Å². The largest absolute Gasteiger partial charge is 0.478 e. The number of benzene rings is 2. The molecule has 0 atom stereocenters. The summed E-state index contributed by atoms with van der Waals surface area (Å²) >= 11 is 0. The Balaban J connectivity index is 1.96. The van der Waals surface area contributed by atoms with Crippen molar-refractivity contribution in [3.63, 3.8) is 0 Å². The molecule has 2 aromatic rings. The van der Waals surface area contributed by atoms with Gasteiger partial charge in [0.25, 0.3) is 5.91 Å². The fraction of sp³-hybridized carbons (Fsp3) is 0.190. The minimum absolute atomic E-state index is 0.0376. The number of carboxylic acids is 1. The van der Waals surface area contributed by atoms with E-state index in [-0.39, 0.29) is 36.5 Å². The first-order valence-corrected chi connectivity index (χ1v) is 8.87. The Morgan fingerprint density at radius 3 is 2.62 bits per heavy atom. The van der Waals surface area contributed by atoms with Crippen molar-refractivity contribution in [2.24, 2.45) is 0 Å². The molecule has 0 aromatic heterocycles. The zero-order valence-corrected chi connectivity index (χ0v) is 15.7. The Morgan fingerprint density at radius 1 is 1.17 bits per heavy atom. The maximum absolute atomic E-state index is 12.6. The molecule has 1 aliphatic heterocycles. The molecule has 3 N–H and O–H groups in total. The molecular weight excluding hydrogens is 376 g/mol. The van der Waals surface area contributed by atoms with Gasteiger partial charge in [-0.15, -0.1) is 0 Å². The van der Waals surface area contributed by atoms with Gasteiger partial charge >= 0.3 is 11.9 Å². The number of methoxy groups -OCH3 is 1. The van der Waals surface area contributed by atoms with Crippen LogP contribution in [0, 0.1) is 0 Å². The van der Waals surface area contributed by atoms with E-state index >= 15 is 0 Å². The van der Waals surface area contributed by atoms with Crippen molar-refractivity contribution in [3.8, 4) is 11.1 Å². The zero-order chi connectivity index (χ0) is 21.0. The van der Waals surface area contributed by atoms with Crippen LogP contribution in [0.25, 0.3) is 11.1 Å². The van der Waals surface area contributed by atoms with Gasteiger partial charge in [-0.3, -0.25) is 4.79 Å². The summed E-state index contributed by atoms with van der Waals surface area (Å²) in [5, 5.41) is 21.5. The number of amides is 1. The molecule has 0 unspecified atom stereocenters. The van der Waals surface area contributed by atoms with Crippen molar-refractivity contribution in [1.82, 2.24) is 4.90 Å². The summed E-state index contributed by atoms with van der Waals surface area (Å²) < 4.78 is 4.77. The number of carbonyl (C=O) groups excluding carboxylic acids is 2. The van der Waals surface area contributed by atoms with Crippen molar-refractivity contribution >= 4 is 23.5 Å². The fourth-order valence-corrected chi connectivity index (χ4v) is 3.18. The van der Waals surface area contributed by atoms with Crippen molar-refractivity contribution < 1.29 is 29.3 Å². The Kier molecular flexibility index (Phi) is 5.94. The Bertz CT molecular complexity index is 998. The topological polar surface area (TPSA) is 116 Å². The smallest absolute Gasteiger partial charge is 0.337 e. The summed E-state index contributed by atoms with van der Waals surface area (Å²) in [7, 11) is 1.23. The van der Waals surface area contributed by atoms with E-state index in [9.17, 15) is 19.5 Å². The maximum Gasteiger partial charge on any atom is 0.337 e. The molecule has 8 nitrogen and oxygen atoms in total. The van der Waals surface area contributed by atoms with Gasteiger partial charge in [0.2, 0.25) is 0 Å². The number of ether oxygens (including phenoxy) is 1. The first-order valence-electron chi connectivity index (χ1n) is 8.87. The molecule has 150 valence electrons. The molecule has 1 heterocycles. The molecular formula is C21H20N2O6. The number of nitrogens with one attached hydrogen (secondary N) is 1. The number of aliphatic hydroxyl groups excluding tert-OH is 1. The lowest BCUT2D eigenvalue weighted by Crippen LogP contribution is -2.31. The Hall–Kier alpha value is -3.65. The summed E-state index contributed by atoms with van der Waals surface area (Å²) in [6, 6.07) is 13.5. The highest BCUT2D eigenvalue weighted by molar-refractivity contribution is 6.08. The number of carbonyl (C=O) groups is 3. The molecule has 29 heavy (non-hydrogen) atoms. The average molecular weight is 396 g/mol. The van der Waals surface area contributed by atoms with E-state index in [1.54, 1.807) is 42.5 Å². The van der Waals surface area contributed by atoms with E-state index in [0.29, 0.717) is 16.8 Å². The van der Waals surface area contributed by atoms with Gasteiger partial charge in [-0.2, -0.15) is 0 Å². The van der Waals surface area contributed by atoms with Crippen LogP contribution in [0.3, 0.4) is 0 Å². The lowest BCUT2D eigenvalue weighted by atomic mass is 9.99. The first-order chi connectivity index (χ1) is 14.0. The van der Waals surface area contributed by atoms with Crippen LogP contribution in [0.4, 0.5) is 5.69 Å². The number of hydrogen-bond acceptors (Lipinski definition) is 6. The molecule has 0 saturated carbocycles. The summed E-state index contributed by atoms with van der Waals surface area (Å²) in [6.07, 6.45) is 0. The molecule has 0 aliphatic carbocycles. The Morgan fingerprint density at radius 2 is 1.93 bits per heavy atom. The lowest BCUT2D eigenvalue weighted by Gasteiger charge is -2.15. The van der Waals surface area contributed by atoms with Crippen LogP contribution >= 0.6 is 0 Å². The number of aromatic carboxylic acids is 1. The van der Waals surface area contributed by atoms with Crippen LogP contribution in [-0.4, -0.2) is 59.8 Å². The molecule has 0 spiro atoms. The quantitative estimate of drug-likeness (QED) is 0.610. The third-order valence-electron chi connectivity index (χ3n) is 4.55. The molecule has 0 bridgehead atoms. The summed E-state index contributed by atoms with van der Waals surface area (Å²) in [5.41, 5.74) is 2.09. The molecule has 1 amide bonds. The highest BCUT2D eigenvalue weighted by Crippen LogP contribution is 2.28. The van der Waals surface area contributed by atoms with Crippen molar-refractivity contribution in [2.45, 2.75) is 0 Å². The van der Waals surface area contributed by atoms with Crippen LogP contribution in [0.1, 0.15) is 10.4 Å². The number of anilines is 1. The minimum Gasteiger partial charge on any atom is -0.478 e. The van der Waals surface area contributed by atoms with Crippen LogP contribution in [-0.2, 0) is 14.3 Å². The first kappa shape index (κ1) is 20.1. The van der Waals surface area contributed by atoms with Gasteiger partial charge in [0, 0.05) is 12.2 Å². The van der Waals surface area contributed by atoms with Gasteiger partial charge in [0.1, 0.15) is 5.70 Å². The maximum atomic E-state index is 12.6. The second kappa shape index (κ2) is 8.57. The minimum atomic E-state index is -1.04. The van der Waals surface area contributed by atoms with Crippen LogP contribution in [0.5, 0.6) is 0 Å². The highest BCUT2D eigenvalue weighted by atomic mass is 16.5. The molecule has 2 aromatic carbocycles. The third-order valence-corrected chi connectivity index (χ3v) is 4.55. The number of nitrogens with zero attached hydrogens (tertiary/aromatic N) is 1. The van der Waals surface area contributed by atoms with E-state index in [1.165, 1.54) is 18.1 Å². The summed E-state index contributed by atoms with van der Waals surface area (Å²) in [4.78, 5) is 37.6. The van der Waals surface area contributed by atoms with Gasteiger partial charge in [-0.1, -0.05) is 30.3 Å². The average Bonchev–Trinajstić information content (AvgIpc) is 3.03. The zero-order valence-electron chi connectivity index (χ0n) is 15.7. The Labute approximate surface area is 167 Å². The standard InChI is InChI=1S/C21H20N2O6/c1-29-21(28)17-12-23(9-10-24)19(25)18(17)22-14-6-4-5-13(11-14)15-7-2-3-8-16(15)20(26)27/h2-8,11,22,24H,9-10,12H2,1H3,(H,26,27). The fourth-order valence-electron chi connectivity index (χ4n) is 3.18. The normalized spacial score (nSPS) is 13.6. The van der Waals surface area contributed by atoms with Crippen LogP contribution in [0.2, 0.25) is 0 Å². The van der Waals surface area contributed by atoms with Crippen LogP contribution in [0.15, 0.2) is 59.8 Å². The SMILES string of the molecule is COC(=O)C1=C(Nc2cccc(-c3ccccc3C(=O)O)c2)C(=O)N(CCO)C1. The predicted octanol–water partition coefficient (Wildman–Crippen LogP) is 1.73. The van der Waals surface area contributed by atoms with E-state index in [1.807, 2.05) is 0 Å². The van der Waals surface area contributed by atoms with Gasteiger partial charge in [0.05, 0.1) is 31.4 Å². The van der Waals surface area contributed by atoms with Gasteiger partial charge in [-0.05, 0) is 29.3 Å². The van der Waals surface area contributed by atoms with Gasteiger partial charge in [0.15, 0.2) is 0 Å². The number of β-amino-alcohol motifs (C(OH)–C–C–N with tert-alkyl or cyclic N) is 1. The lowest BCUT2D eigenvalue weighted by molar-refractivity contribution is -0.136. The second-order valence-electron chi connectivity index (χ2n) is 6.35. The molecule has 0 saturated heterocycles. The monoisotopic (exact) mass is 396 g/mol. The van der Waals surface area contributed by atoms with Crippen molar-refractivity contribution in [3.05, 3.63) is 65.4 Å². The van der Waals surface area contributed by atoms with Crippen molar-refractivity contribution in [2.75, 3.05) is 32.1 Å².